The van der Waals surface area contributed by atoms with Crippen LogP contribution in [0.5, 0.6) is 0 Å². The Bertz CT molecular complexity index is 1270. The maximum absolute atomic E-state index is 13.7. The van der Waals surface area contributed by atoms with Gasteiger partial charge in [0.25, 0.3) is 0 Å². The van der Waals surface area contributed by atoms with Crippen molar-refractivity contribution >= 4 is 27.5 Å². The van der Waals surface area contributed by atoms with Crippen molar-refractivity contribution < 1.29 is 27.5 Å². The van der Waals surface area contributed by atoms with Crippen molar-refractivity contribution in [3.63, 3.8) is 0 Å². The number of ketones is 2. The van der Waals surface area contributed by atoms with E-state index in [-0.39, 0.29) is 28.6 Å². The largest absolute Gasteiger partial charge is 0.444 e. The van der Waals surface area contributed by atoms with Crippen LogP contribution in [0.3, 0.4) is 0 Å². The van der Waals surface area contributed by atoms with Crippen molar-refractivity contribution in [1.82, 2.24) is 4.90 Å². The minimum atomic E-state index is -3.75. The van der Waals surface area contributed by atoms with Crippen molar-refractivity contribution in [3.05, 3.63) is 65.7 Å². The molecule has 4 rings (SSSR count). The number of sulfone groups is 1. The average molecular weight is 554 g/mol. The van der Waals surface area contributed by atoms with Gasteiger partial charge in [-0.15, -0.1) is 0 Å². The Morgan fingerprint density at radius 1 is 0.897 bits per heavy atom. The quantitative estimate of drug-likeness (QED) is 0.391. The van der Waals surface area contributed by atoms with Gasteiger partial charge in [-0.25, -0.2) is 13.2 Å². The second-order valence-corrected chi connectivity index (χ2v) is 13.8. The minimum absolute atomic E-state index is 0.0281. The van der Waals surface area contributed by atoms with E-state index in [9.17, 15) is 22.8 Å². The van der Waals surface area contributed by atoms with Crippen LogP contribution >= 0.6 is 0 Å². The monoisotopic (exact) mass is 553 g/mol. The topological polar surface area (TPSA) is 97.8 Å². The number of rotatable bonds is 8. The molecule has 2 aromatic rings. The summed E-state index contributed by atoms with van der Waals surface area (Å²) in [4.78, 5) is 41.2. The lowest BCUT2D eigenvalue weighted by Crippen LogP contribution is -2.47. The summed E-state index contributed by atoms with van der Waals surface area (Å²) in [6.45, 7) is 5.98. The first-order valence-corrected chi connectivity index (χ1v) is 15.5. The predicted molar refractivity (Wildman–Crippen MR) is 149 cm³/mol. The van der Waals surface area contributed by atoms with Gasteiger partial charge in [0, 0.05) is 18.5 Å². The van der Waals surface area contributed by atoms with Crippen molar-refractivity contribution in [2.24, 2.45) is 11.8 Å². The van der Waals surface area contributed by atoms with Gasteiger partial charge < -0.3 is 4.74 Å². The molecule has 2 fully saturated rings. The molecule has 39 heavy (non-hydrogen) atoms. The number of Topliss-reactive ketones (excluding diaryl/α,β-unsaturated/α-hetero) is 2. The summed E-state index contributed by atoms with van der Waals surface area (Å²) in [5, 5.41) is 0. The highest BCUT2D eigenvalue weighted by Gasteiger charge is 2.46. The van der Waals surface area contributed by atoms with E-state index in [1.165, 1.54) is 18.6 Å². The number of amides is 1. The van der Waals surface area contributed by atoms with Crippen molar-refractivity contribution in [1.29, 1.82) is 0 Å². The third-order valence-electron chi connectivity index (χ3n) is 7.74. The van der Waals surface area contributed by atoms with Gasteiger partial charge in [-0.05, 0) is 56.7 Å². The van der Waals surface area contributed by atoms with Gasteiger partial charge in [0.05, 0.1) is 10.9 Å². The lowest BCUT2D eigenvalue weighted by Gasteiger charge is -2.34. The summed E-state index contributed by atoms with van der Waals surface area (Å²) < 4.78 is 30.9. The molecule has 0 spiro atoms. The van der Waals surface area contributed by atoms with Gasteiger partial charge in [-0.3, -0.25) is 14.5 Å². The van der Waals surface area contributed by atoms with Crippen LogP contribution in [-0.4, -0.2) is 54.9 Å². The number of carbonyl (C=O) groups is 3. The minimum Gasteiger partial charge on any atom is -0.444 e. The van der Waals surface area contributed by atoms with Gasteiger partial charge in [-0.1, -0.05) is 74.6 Å². The molecule has 1 saturated heterocycles. The second-order valence-electron chi connectivity index (χ2n) is 11.8. The molecular weight excluding hydrogens is 514 g/mol. The van der Waals surface area contributed by atoms with Crippen molar-refractivity contribution in [3.8, 4) is 0 Å². The zero-order valence-electron chi connectivity index (χ0n) is 23.1. The lowest BCUT2D eigenvalue weighted by molar-refractivity contribution is -0.124. The highest BCUT2D eigenvalue weighted by Crippen LogP contribution is 2.40. The van der Waals surface area contributed by atoms with Crippen LogP contribution in [0, 0.1) is 11.8 Å². The van der Waals surface area contributed by atoms with Crippen LogP contribution < -0.4 is 0 Å². The maximum atomic E-state index is 13.7. The van der Waals surface area contributed by atoms with E-state index in [0.717, 1.165) is 37.7 Å². The van der Waals surface area contributed by atoms with E-state index in [4.69, 9.17) is 4.74 Å². The zero-order chi connectivity index (χ0) is 28.2. The summed E-state index contributed by atoms with van der Waals surface area (Å²) in [5.74, 6) is -0.604. The van der Waals surface area contributed by atoms with Crippen LogP contribution in [0.25, 0.3) is 0 Å². The lowest BCUT2D eigenvalue weighted by atomic mass is 9.75. The third kappa shape index (κ3) is 7.35. The molecule has 0 aromatic heterocycles. The van der Waals surface area contributed by atoms with Gasteiger partial charge in [0.2, 0.25) is 0 Å². The van der Waals surface area contributed by atoms with Gasteiger partial charge in [-0.2, -0.15) is 0 Å². The Morgan fingerprint density at radius 3 is 2.15 bits per heavy atom. The molecular formula is C31H39NO6S. The molecule has 0 bridgehead atoms. The number of benzene rings is 2. The van der Waals surface area contributed by atoms with Gasteiger partial charge in [0.1, 0.15) is 11.4 Å². The molecule has 0 unspecified atom stereocenters. The van der Waals surface area contributed by atoms with Crippen LogP contribution in [0.15, 0.2) is 59.5 Å². The average Bonchev–Trinajstić information content (AvgIpc) is 3.35. The van der Waals surface area contributed by atoms with Crippen LogP contribution in [-0.2, 0) is 25.8 Å². The molecule has 8 heteroatoms. The zero-order valence-corrected chi connectivity index (χ0v) is 23.9. The molecule has 210 valence electrons. The number of ether oxygens (including phenoxy) is 1. The second kappa shape index (κ2) is 12.0. The van der Waals surface area contributed by atoms with Crippen molar-refractivity contribution in [2.75, 3.05) is 12.3 Å². The molecule has 1 amide bonds. The third-order valence-corrected chi connectivity index (χ3v) is 9.37. The highest BCUT2D eigenvalue weighted by atomic mass is 32.2. The number of likely N-dealkylation sites (tertiary alicyclic amines) is 1. The summed E-state index contributed by atoms with van der Waals surface area (Å²) in [7, 11) is -3.75. The van der Waals surface area contributed by atoms with E-state index in [0.29, 0.717) is 12.5 Å². The fourth-order valence-corrected chi connectivity index (χ4v) is 7.14. The van der Waals surface area contributed by atoms with E-state index in [2.05, 4.69) is 0 Å². The van der Waals surface area contributed by atoms with Gasteiger partial charge >= 0.3 is 6.09 Å². The van der Waals surface area contributed by atoms with E-state index < -0.39 is 39.1 Å². The van der Waals surface area contributed by atoms with Crippen LogP contribution in [0.4, 0.5) is 4.79 Å². The Kier molecular flexibility index (Phi) is 8.94. The smallest absolute Gasteiger partial charge is 0.410 e. The predicted octanol–water partition coefficient (Wildman–Crippen LogP) is 5.66. The number of hydrogen-bond donors (Lipinski definition) is 0. The fourth-order valence-electron chi connectivity index (χ4n) is 5.89. The van der Waals surface area contributed by atoms with E-state index in [1.54, 1.807) is 47.4 Å². The first-order valence-electron chi connectivity index (χ1n) is 13.9. The molecule has 1 aliphatic carbocycles. The molecule has 2 aliphatic rings. The van der Waals surface area contributed by atoms with Crippen LogP contribution in [0.1, 0.15) is 75.2 Å². The molecule has 0 N–H and O–H groups in total. The highest BCUT2D eigenvalue weighted by molar-refractivity contribution is 7.92. The number of nitrogens with zero attached hydrogens (tertiary/aromatic N) is 1. The first-order chi connectivity index (χ1) is 18.4. The van der Waals surface area contributed by atoms with Crippen LogP contribution in [0.2, 0.25) is 0 Å². The maximum Gasteiger partial charge on any atom is 0.410 e. The van der Waals surface area contributed by atoms with Crippen molar-refractivity contribution in [2.45, 2.75) is 82.3 Å². The molecule has 2 aromatic carbocycles. The molecule has 1 heterocycles. The van der Waals surface area contributed by atoms with E-state index in [1.807, 2.05) is 20.8 Å². The number of hydrogen-bond acceptors (Lipinski definition) is 6. The molecule has 1 saturated carbocycles. The molecule has 7 nitrogen and oxygen atoms in total. The summed E-state index contributed by atoms with van der Waals surface area (Å²) in [5.41, 5.74) is 0.354. The van der Waals surface area contributed by atoms with E-state index >= 15 is 0 Å². The molecule has 0 radical (unpaired) electrons. The Morgan fingerprint density at radius 2 is 1.54 bits per heavy atom. The Labute approximate surface area is 231 Å². The SMILES string of the molecule is CC(C)(C)OC(=O)N1CC[C@@H](C2CCCCC2)[C@H]1C(=O)Cc1ccc(C(=O)CS(=O)(=O)c2ccccc2)cc1. The summed E-state index contributed by atoms with van der Waals surface area (Å²) in [6.07, 6.45) is 6.18. The Hall–Kier alpha value is -3.00. The standard InChI is InChI=1S/C31H39NO6S/c1-31(2,3)38-30(35)32-19-18-26(23-10-6-4-7-11-23)29(32)27(33)20-22-14-16-24(17-15-22)28(34)21-39(36,37)25-12-8-5-9-13-25/h5,8-9,12-17,23,26,29H,4,6-7,10-11,18-21H2,1-3H3/t26-,29-/m0/s1. The summed E-state index contributed by atoms with van der Waals surface area (Å²) in [6, 6.07) is 13.9. The first kappa shape index (κ1) is 29.0. The van der Waals surface area contributed by atoms with Gasteiger partial charge in [0.15, 0.2) is 21.4 Å². The fraction of sp³-hybridized carbons (Fsp3) is 0.516. The number of carbonyl (C=O) groups excluding carboxylic acids is 3. The Balaban J connectivity index is 1.47. The molecule has 1 aliphatic heterocycles. The summed E-state index contributed by atoms with van der Waals surface area (Å²) >= 11 is 0. The normalized spacial score (nSPS) is 20.5. The molecule has 2 atom stereocenters.